The highest BCUT2D eigenvalue weighted by atomic mass is 16.4. The van der Waals surface area contributed by atoms with E-state index in [4.69, 9.17) is 5.11 Å². The molecule has 0 fully saturated rings. The number of nitrogens with one attached hydrogen (secondary N) is 3. The summed E-state index contributed by atoms with van der Waals surface area (Å²) in [6, 6.07) is 6.19. The van der Waals surface area contributed by atoms with Crippen molar-refractivity contribution in [1.82, 2.24) is 31.3 Å². The summed E-state index contributed by atoms with van der Waals surface area (Å²) in [5.74, 6) is -0.560. The van der Waals surface area contributed by atoms with E-state index in [-0.39, 0.29) is 18.1 Å². The number of benzene rings is 1. The molecule has 9 nitrogen and oxygen atoms in total. The average Bonchev–Trinajstić information content (AvgIpc) is 2.99. The Morgan fingerprint density at radius 3 is 2.57 bits per heavy atom. The number of nitrogens with zero attached hydrogens (tertiary/aromatic N) is 3. The molecule has 0 aliphatic rings. The highest BCUT2D eigenvalue weighted by molar-refractivity contribution is 5.87. The number of carboxylic acid groups (broad SMARTS) is 1. The molecule has 2 rings (SSSR count). The van der Waals surface area contributed by atoms with Gasteiger partial charge in [-0.3, -0.25) is 0 Å². The van der Waals surface area contributed by atoms with Crippen molar-refractivity contribution in [3.05, 3.63) is 41.2 Å². The summed E-state index contributed by atoms with van der Waals surface area (Å²) in [4.78, 5) is 22.2. The molecule has 0 aliphatic carbocycles. The van der Waals surface area contributed by atoms with Gasteiger partial charge in [0.05, 0.1) is 12.1 Å². The molecule has 0 saturated heterocycles. The van der Waals surface area contributed by atoms with E-state index in [9.17, 15) is 9.59 Å². The first-order valence-corrected chi connectivity index (χ1v) is 6.21. The Labute approximate surface area is 119 Å². The fraction of sp³-hybridized carbons (Fsp3) is 0.250. The predicted molar refractivity (Wildman–Crippen MR) is 71.5 cm³/mol. The highest BCUT2D eigenvalue weighted by Crippen LogP contribution is 2.04. The van der Waals surface area contributed by atoms with Crippen molar-refractivity contribution in [2.45, 2.75) is 13.0 Å². The van der Waals surface area contributed by atoms with Crippen LogP contribution in [0.25, 0.3) is 0 Å². The van der Waals surface area contributed by atoms with Gasteiger partial charge in [0.15, 0.2) is 5.82 Å². The highest BCUT2D eigenvalue weighted by Gasteiger charge is 2.04. The molecular weight excluding hydrogens is 276 g/mol. The number of H-pyrrole nitrogens is 1. The summed E-state index contributed by atoms with van der Waals surface area (Å²) in [6.45, 7) is 0.625. The van der Waals surface area contributed by atoms with E-state index in [1.165, 1.54) is 12.1 Å². The maximum atomic E-state index is 11.5. The van der Waals surface area contributed by atoms with Crippen LogP contribution in [0, 0.1) is 0 Å². The standard InChI is InChI=1S/C12H14N6O3/c19-11(20)9-3-1-8(2-4-9)5-6-13-12(21)14-7-10-15-17-18-16-10/h1-4H,5-7H2,(H,19,20)(H2,13,14,21)(H,15,16,17,18). The van der Waals surface area contributed by atoms with E-state index in [2.05, 4.69) is 31.3 Å². The van der Waals surface area contributed by atoms with E-state index >= 15 is 0 Å². The molecule has 1 aromatic carbocycles. The van der Waals surface area contributed by atoms with Crippen molar-refractivity contribution in [3.63, 3.8) is 0 Å². The van der Waals surface area contributed by atoms with Gasteiger partial charge in [-0.25, -0.2) is 9.59 Å². The lowest BCUT2D eigenvalue weighted by Gasteiger charge is -2.06. The second kappa shape index (κ2) is 6.98. The largest absolute Gasteiger partial charge is 0.478 e. The van der Waals surface area contributed by atoms with Crippen LogP contribution in [0.5, 0.6) is 0 Å². The SMILES string of the molecule is O=C(NCCc1ccc(C(=O)O)cc1)NCc1nn[nH]n1. The molecule has 1 heterocycles. The lowest BCUT2D eigenvalue weighted by Crippen LogP contribution is -2.36. The Hall–Kier alpha value is -2.97. The van der Waals surface area contributed by atoms with Crippen molar-refractivity contribution in [1.29, 1.82) is 0 Å². The van der Waals surface area contributed by atoms with Crippen molar-refractivity contribution < 1.29 is 14.7 Å². The molecule has 2 amide bonds. The molecule has 0 unspecified atom stereocenters. The van der Waals surface area contributed by atoms with Crippen LogP contribution in [-0.2, 0) is 13.0 Å². The molecule has 0 aliphatic heterocycles. The first kappa shape index (κ1) is 14.4. The van der Waals surface area contributed by atoms with Crippen LogP contribution in [0.15, 0.2) is 24.3 Å². The number of amides is 2. The van der Waals surface area contributed by atoms with E-state index in [1.54, 1.807) is 12.1 Å². The minimum atomic E-state index is -0.958. The fourth-order valence-corrected chi connectivity index (χ4v) is 1.61. The number of rotatable bonds is 6. The quantitative estimate of drug-likeness (QED) is 0.589. The zero-order valence-electron chi connectivity index (χ0n) is 11.0. The smallest absolute Gasteiger partial charge is 0.335 e. The summed E-state index contributed by atoms with van der Waals surface area (Å²) in [5.41, 5.74) is 1.18. The number of aromatic nitrogens is 4. The van der Waals surface area contributed by atoms with Crippen LogP contribution in [0.3, 0.4) is 0 Å². The van der Waals surface area contributed by atoms with Gasteiger partial charge in [-0.2, -0.15) is 5.21 Å². The van der Waals surface area contributed by atoms with Gasteiger partial charge in [-0.05, 0) is 24.1 Å². The molecule has 2 aromatic rings. The van der Waals surface area contributed by atoms with Gasteiger partial charge in [-0.1, -0.05) is 17.3 Å². The van der Waals surface area contributed by atoms with Crippen LogP contribution in [0.4, 0.5) is 4.79 Å². The first-order chi connectivity index (χ1) is 10.1. The number of hydrogen-bond donors (Lipinski definition) is 4. The second-order valence-corrected chi connectivity index (χ2v) is 4.19. The first-order valence-electron chi connectivity index (χ1n) is 6.21. The van der Waals surface area contributed by atoms with E-state index in [0.29, 0.717) is 18.8 Å². The lowest BCUT2D eigenvalue weighted by atomic mass is 10.1. The van der Waals surface area contributed by atoms with Gasteiger partial charge in [-0.15, -0.1) is 10.2 Å². The maximum absolute atomic E-state index is 11.5. The van der Waals surface area contributed by atoms with Crippen molar-refractivity contribution in [2.24, 2.45) is 0 Å². The normalized spacial score (nSPS) is 10.1. The van der Waals surface area contributed by atoms with Gasteiger partial charge in [0, 0.05) is 6.54 Å². The Bertz CT molecular complexity index is 596. The Morgan fingerprint density at radius 1 is 1.19 bits per heavy atom. The summed E-state index contributed by atoms with van der Waals surface area (Å²) in [6.07, 6.45) is 0.607. The monoisotopic (exact) mass is 290 g/mol. The third kappa shape index (κ3) is 4.56. The summed E-state index contributed by atoms with van der Waals surface area (Å²) < 4.78 is 0. The zero-order chi connectivity index (χ0) is 15.1. The van der Waals surface area contributed by atoms with Gasteiger partial charge < -0.3 is 15.7 Å². The maximum Gasteiger partial charge on any atom is 0.335 e. The number of carbonyl (C=O) groups is 2. The number of urea groups is 1. The van der Waals surface area contributed by atoms with Crippen LogP contribution < -0.4 is 10.6 Å². The third-order valence-corrected chi connectivity index (χ3v) is 2.70. The van der Waals surface area contributed by atoms with Gasteiger partial charge >= 0.3 is 12.0 Å². The van der Waals surface area contributed by atoms with Gasteiger partial charge in [0.2, 0.25) is 0 Å². The lowest BCUT2D eigenvalue weighted by molar-refractivity contribution is 0.0697. The number of carboxylic acids is 1. The summed E-state index contributed by atoms with van der Waals surface area (Å²) >= 11 is 0. The van der Waals surface area contributed by atoms with Crippen LogP contribution >= 0.6 is 0 Å². The molecule has 1 aromatic heterocycles. The van der Waals surface area contributed by atoms with Gasteiger partial charge in [0.1, 0.15) is 0 Å². The zero-order valence-corrected chi connectivity index (χ0v) is 11.0. The van der Waals surface area contributed by atoms with E-state index < -0.39 is 5.97 Å². The van der Waals surface area contributed by atoms with E-state index in [1.807, 2.05) is 0 Å². The fourth-order valence-electron chi connectivity index (χ4n) is 1.61. The molecule has 0 bridgehead atoms. The number of aromatic carboxylic acids is 1. The van der Waals surface area contributed by atoms with E-state index in [0.717, 1.165) is 5.56 Å². The Kier molecular flexibility index (Phi) is 4.80. The average molecular weight is 290 g/mol. The molecule has 0 spiro atoms. The second-order valence-electron chi connectivity index (χ2n) is 4.19. The minimum absolute atomic E-state index is 0.190. The molecule has 4 N–H and O–H groups in total. The number of hydrogen-bond acceptors (Lipinski definition) is 5. The number of carbonyl (C=O) groups excluding carboxylic acids is 1. The molecule has 21 heavy (non-hydrogen) atoms. The minimum Gasteiger partial charge on any atom is -0.478 e. The topological polar surface area (TPSA) is 133 Å². The number of aromatic amines is 1. The predicted octanol–water partition coefficient (Wildman–Crippen LogP) is -0.0602. The molecule has 9 heteroatoms. The number of tetrazole rings is 1. The van der Waals surface area contributed by atoms with Crippen molar-refractivity contribution in [2.75, 3.05) is 6.54 Å². The molecular formula is C12H14N6O3. The Morgan fingerprint density at radius 2 is 1.95 bits per heavy atom. The molecule has 0 saturated carbocycles. The molecule has 0 radical (unpaired) electrons. The van der Waals surface area contributed by atoms with Crippen LogP contribution in [0.1, 0.15) is 21.7 Å². The van der Waals surface area contributed by atoms with Gasteiger partial charge in [0.25, 0.3) is 0 Å². The summed E-state index contributed by atoms with van der Waals surface area (Å²) in [7, 11) is 0. The van der Waals surface area contributed by atoms with Crippen molar-refractivity contribution >= 4 is 12.0 Å². The third-order valence-electron chi connectivity index (χ3n) is 2.70. The van der Waals surface area contributed by atoms with Crippen molar-refractivity contribution in [3.8, 4) is 0 Å². The summed E-state index contributed by atoms with van der Waals surface area (Å²) in [5, 5.41) is 27.1. The Balaban J connectivity index is 1.68. The van der Waals surface area contributed by atoms with Crippen LogP contribution in [-0.4, -0.2) is 44.3 Å². The molecule has 110 valence electrons. The van der Waals surface area contributed by atoms with Crippen LogP contribution in [0.2, 0.25) is 0 Å². The molecule has 0 atom stereocenters.